The summed E-state index contributed by atoms with van der Waals surface area (Å²) in [6.45, 7) is 4.40. The first kappa shape index (κ1) is 23.0. The molecule has 0 radical (unpaired) electrons. The highest BCUT2D eigenvalue weighted by Crippen LogP contribution is 2.29. The first-order chi connectivity index (χ1) is 16.5. The largest absolute Gasteiger partial charge is 0.491 e. The van der Waals surface area contributed by atoms with Gasteiger partial charge in [-0.15, -0.1) is 0 Å². The smallest absolute Gasteiger partial charge is 0.256 e. The highest BCUT2D eigenvalue weighted by atomic mass is 16.5. The molecule has 0 fully saturated rings. The highest BCUT2D eigenvalue weighted by Gasteiger charge is 2.16. The number of aromatic nitrogens is 2. The van der Waals surface area contributed by atoms with Crippen LogP contribution in [0.15, 0.2) is 73.1 Å². The highest BCUT2D eigenvalue weighted by molar-refractivity contribution is 6.01. The van der Waals surface area contributed by atoms with Gasteiger partial charge in [-0.05, 0) is 49.2 Å². The molecule has 6 heteroatoms. The first-order valence-corrected chi connectivity index (χ1v) is 11.0. The zero-order valence-electron chi connectivity index (χ0n) is 19.8. The third kappa shape index (κ3) is 5.07. The molecule has 34 heavy (non-hydrogen) atoms. The average Bonchev–Trinajstić information content (AvgIpc) is 2.86. The minimum atomic E-state index is -0.193. The fraction of sp³-hybridized carbons (Fsp3) is 0.179. The Morgan fingerprint density at radius 1 is 0.853 bits per heavy atom. The van der Waals surface area contributed by atoms with Crippen LogP contribution in [0.5, 0.6) is 11.6 Å². The van der Waals surface area contributed by atoms with Crippen molar-refractivity contribution in [2.45, 2.75) is 20.4 Å². The van der Waals surface area contributed by atoms with E-state index in [1.807, 2.05) is 36.4 Å². The lowest BCUT2D eigenvalue weighted by Crippen LogP contribution is -2.24. The lowest BCUT2D eigenvalue weighted by Gasteiger charge is -2.13. The predicted octanol–water partition coefficient (Wildman–Crippen LogP) is 5.37. The van der Waals surface area contributed by atoms with Crippen LogP contribution >= 0.6 is 0 Å². The molecule has 0 aliphatic heterocycles. The average molecular weight is 454 g/mol. The van der Waals surface area contributed by atoms with Crippen LogP contribution in [0, 0.1) is 13.8 Å². The molecule has 0 aliphatic rings. The van der Waals surface area contributed by atoms with Crippen molar-refractivity contribution in [3.63, 3.8) is 0 Å². The van der Waals surface area contributed by atoms with Crippen molar-refractivity contribution in [1.82, 2.24) is 15.3 Å². The molecule has 4 rings (SSSR count). The van der Waals surface area contributed by atoms with Crippen LogP contribution in [-0.2, 0) is 6.54 Å². The number of hydrogen-bond donors (Lipinski definition) is 1. The molecule has 0 atom stereocenters. The lowest BCUT2D eigenvalue weighted by atomic mass is 9.98. The second-order valence-electron chi connectivity index (χ2n) is 8.10. The molecule has 2 aromatic heterocycles. The summed E-state index contributed by atoms with van der Waals surface area (Å²) in [5.41, 5.74) is 7.10. The van der Waals surface area contributed by atoms with Crippen molar-refractivity contribution in [3.8, 4) is 34.0 Å². The van der Waals surface area contributed by atoms with Gasteiger partial charge in [0, 0.05) is 30.1 Å². The summed E-state index contributed by atoms with van der Waals surface area (Å²) < 4.78 is 10.5. The number of nitrogens with one attached hydrogen (secondary N) is 1. The molecule has 0 saturated carbocycles. The van der Waals surface area contributed by atoms with E-state index in [2.05, 4.69) is 42.3 Å². The van der Waals surface area contributed by atoms with E-state index in [-0.39, 0.29) is 5.91 Å². The SMILES string of the molecule is COc1cc(CNC(=O)c2cc(-c3cc(C)cc(C)c3)ncc2-c2ccccc2)cnc1OC. The van der Waals surface area contributed by atoms with Gasteiger partial charge < -0.3 is 14.8 Å². The lowest BCUT2D eigenvalue weighted by molar-refractivity contribution is 0.0951. The Kier molecular flexibility index (Phi) is 6.87. The Balaban J connectivity index is 1.68. The van der Waals surface area contributed by atoms with Crippen molar-refractivity contribution in [2.24, 2.45) is 0 Å². The van der Waals surface area contributed by atoms with Crippen molar-refractivity contribution in [3.05, 3.63) is 95.3 Å². The van der Waals surface area contributed by atoms with E-state index in [0.717, 1.165) is 39.1 Å². The number of nitrogens with zero attached hydrogens (tertiary/aromatic N) is 2. The number of carbonyl (C=O) groups excluding carboxylic acids is 1. The molecule has 6 nitrogen and oxygen atoms in total. The maximum Gasteiger partial charge on any atom is 0.256 e. The van der Waals surface area contributed by atoms with Crippen LogP contribution in [0.4, 0.5) is 0 Å². The molecule has 0 bridgehead atoms. The number of carbonyl (C=O) groups is 1. The Bertz CT molecular complexity index is 1300. The summed E-state index contributed by atoms with van der Waals surface area (Å²) in [4.78, 5) is 22.3. The number of amides is 1. The number of rotatable bonds is 7. The predicted molar refractivity (Wildman–Crippen MR) is 133 cm³/mol. The third-order valence-electron chi connectivity index (χ3n) is 5.49. The van der Waals surface area contributed by atoms with E-state index in [0.29, 0.717) is 23.7 Å². The van der Waals surface area contributed by atoms with Gasteiger partial charge in [0.2, 0.25) is 0 Å². The van der Waals surface area contributed by atoms with Crippen LogP contribution < -0.4 is 14.8 Å². The number of methoxy groups -OCH3 is 2. The van der Waals surface area contributed by atoms with Crippen molar-refractivity contribution >= 4 is 5.91 Å². The van der Waals surface area contributed by atoms with Gasteiger partial charge in [-0.1, -0.05) is 47.5 Å². The Morgan fingerprint density at radius 2 is 1.59 bits per heavy atom. The van der Waals surface area contributed by atoms with E-state index in [1.54, 1.807) is 25.6 Å². The zero-order valence-corrected chi connectivity index (χ0v) is 19.8. The first-order valence-electron chi connectivity index (χ1n) is 11.0. The monoisotopic (exact) mass is 453 g/mol. The Morgan fingerprint density at radius 3 is 2.26 bits per heavy atom. The number of hydrogen-bond acceptors (Lipinski definition) is 5. The number of ether oxygens (including phenoxy) is 2. The van der Waals surface area contributed by atoms with Crippen LogP contribution in [0.1, 0.15) is 27.0 Å². The molecular formula is C28H27N3O3. The third-order valence-corrected chi connectivity index (χ3v) is 5.49. The Labute approximate surface area is 199 Å². The van der Waals surface area contributed by atoms with Crippen LogP contribution in [0.25, 0.3) is 22.4 Å². The summed E-state index contributed by atoms with van der Waals surface area (Å²) in [7, 11) is 3.09. The van der Waals surface area contributed by atoms with Gasteiger partial charge >= 0.3 is 0 Å². The fourth-order valence-corrected chi connectivity index (χ4v) is 3.92. The van der Waals surface area contributed by atoms with E-state index in [9.17, 15) is 4.79 Å². The fourth-order valence-electron chi connectivity index (χ4n) is 3.92. The molecule has 1 amide bonds. The van der Waals surface area contributed by atoms with Gasteiger partial charge in [0.25, 0.3) is 11.8 Å². The van der Waals surface area contributed by atoms with Crippen molar-refractivity contribution in [1.29, 1.82) is 0 Å². The topological polar surface area (TPSA) is 73.3 Å². The molecular weight excluding hydrogens is 426 g/mol. The quantitative estimate of drug-likeness (QED) is 0.407. The van der Waals surface area contributed by atoms with E-state index in [4.69, 9.17) is 14.5 Å². The Hall–Kier alpha value is -4.19. The molecule has 4 aromatic rings. The maximum atomic E-state index is 13.4. The van der Waals surface area contributed by atoms with Crippen LogP contribution in [0.2, 0.25) is 0 Å². The second kappa shape index (κ2) is 10.2. The normalized spacial score (nSPS) is 10.6. The zero-order chi connectivity index (χ0) is 24.1. The van der Waals surface area contributed by atoms with Gasteiger partial charge in [0.15, 0.2) is 5.75 Å². The van der Waals surface area contributed by atoms with Gasteiger partial charge in [-0.25, -0.2) is 4.98 Å². The minimum absolute atomic E-state index is 0.193. The summed E-state index contributed by atoms with van der Waals surface area (Å²) in [5, 5.41) is 3.01. The number of benzene rings is 2. The minimum Gasteiger partial charge on any atom is -0.491 e. The molecule has 172 valence electrons. The standard InChI is InChI=1S/C28H27N3O3/c1-18-10-19(2)12-22(11-18)25-14-23(24(17-29-25)21-8-6-5-7-9-21)27(32)30-15-20-13-26(33-3)28(34-4)31-16-20/h5-14,16-17H,15H2,1-4H3,(H,30,32). The molecule has 1 N–H and O–H groups in total. The molecule has 0 aliphatic carbocycles. The van der Waals surface area contributed by atoms with Gasteiger partial charge in [-0.3, -0.25) is 9.78 Å². The van der Waals surface area contributed by atoms with Crippen molar-refractivity contribution in [2.75, 3.05) is 14.2 Å². The maximum absolute atomic E-state index is 13.4. The van der Waals surface area contributed by atoms with Crippen LogP contribution in [-0.4, -0.2) is 30.1 Å². The van der Waals surface area contributed by atoms with E-state index in [1.165, 1.54) is 7.11 Å². The number of pyridine rings is 2. The van der Waals surface area contributed by atoms with Gasteiger partial charge in [-0.2, -0.15) is 0 Å². The molecule has 0 saturated heterocycles. The molecule has 2 heterocycles. The number of aryl methyl sites for hydroxylation is 2. The molecule has 0 spiro atoms. The summed E-state index contributed by atoms with van der Waals surface area (Å²) in [6.07, 6.45) is 3.43. The summed E-state index contributed by atoms with van der Waals surface area (Å²) in [6, 6.07) is 19.7. The van der Waals surface area contributed by atoms with E-state index >= 15 is 0 Å². The molecule has 2 aromatic carbocycles. The summed E-state index contributed by atoms with van der Waals surface area (Å²) in [5.74, 6) is 0.720. The molecule has 0 unspecified atom stereocenters. The summed E-state index contributed by atoms with van der Waals surface area (Å²) >= 11 is 0. The van der Waals surface area contributed by atoms with Gasteiger partial charge in [0.1, 0.15) is 0 Å². The van der Waals surface area contributed by atoms with Crippen molar-refractivity contribution < 1.29 is 14.3 Å². The van der Waals surface area contributed by atoms with E-state index < -0.39 is 0 Å². The van der Waals surface area contributed by atoms with Crippen LogP contribution in [0.3, 0.4) is 0 Å². The second-order valence-corrected chi connectivity index (χ2v) is 8.10. The van der Waals surface area contributed by atoms with Gasteiger partial charge in [0.05, 0.1) is 25.5 Å².